The van der Waals surface area contributed by atoms with Crippen LogP contribution >= 0.6 is 31.3 Å². The van der Waals surface area contributed by atoms with Gasteiger partial charge in [-0.15, -0.1) is 0 Å². The smallest absolute Gasteiger partial charge is 0.790 e. The molecule has 0 amide bonds. The zero-order chi connectivity index (χ0) is 48.0. The molecule has 0 aliphatic heterocycles. The predicted octanol–water partition coefficient (Wildman–Crippen LogP) is -9.90. The van der Waals surface area contributed by atoms with E-state index in [4.69, 9.17) is 9.47 Å². The van der Waals surface area contributed by atoms with Crippen LogP contribution in [0.1, 0.15) is 52.4 Å². The molecule has 10 N–H and O–H groups in total. The quantitative estimate of drug-likeness (QED) is 0.0244. The van der Waals surface area contributed by atoms with E-state index in [-0.39, 0.29) is 126 Å². The van der Waals surface area contributed by atoms with Crippen LogP contribution in [-0.4, -0.2) is 288 Å². The summed E-state index contributed by atoms with van der Waals surface area (Å²) in [5.74, 6) is -1.23. The van der Waals surface area contributed by atoms with Gasteiger partial charge < -0.3 is 126 Å². The Kier molecular flexibility index (Phi) is 37.2. The Bertz CT molecular complexity index is 1430. The second kappa shape index (κ2) is 33.6. The molecule has 65 heavy (non-hydrogen) atoms. The number of hydrogen-bond acceptors (Lipinski definition) is 30. The number of esters is 2. The normalized spacial score (nSPS) is 30.8. The van der Waals surface area contributed by atoms with Crippen LogP contribution in [0.15, 0.2) is 0 Å². The maximum Gasteiger partial charge on any atom is 2.00 e. The maximum atomic E-state index is 11.9. The summed E-state index contributed by atoms with van der Waals surface area (Å²) < 4.78 is 79.9. The van der Waals surface area contributed by atoms with Crippen LogP contribution in [0.5, 0.6) is 0 Å². The number of carbonyl (C=O) groups excluding carboxylic acids is 2. The fourth-order valence-electron chi connectivity index (χ4n) is 5.13. The fourth-order valence-corrected chi connectivity index (χ4v) is 8.16. The van der Waals surface area contributed by atoms with Gasteiger partial charge in [-0.2, -0.15) is 0 Å². The average Bonchev–Trinajstić information content (AvgIpc) is 3.17. The minimum atomic E-state index is -5.75. The third-order valence-electron chi connectivity index (χ3n) is 8.29. The Morgan fingerprint density at radius 3 is 0.908 bits per heavy atom. The molecule has 0 spiro atoms. The summed E-state index contributed by atoms with van der Waals surface area (Å²) in [7, 11) is -22.3. The first kappa shape index (κ1) is 72.0. The molecule has 12 unspecified atom stereocenters. The SMILES string of the molecule is CCCCC(=O)OCC(O)COP(=O)([O-])OC1C(O)C(O)C(OP(=O)([O-])[O-])C(O)C1O.CCCCC(=O)OCC(O)COP(=O)([O-])OC1C(O)C(O)C(OP(=O)([O-])[O-])C(O)C1O.[Ca+2].[Ca+2].[Ca+2]. The summed E-state index contributed by atoms with van der Waals surface area (Å²) >= 11 is 0. The Morgan fingerprint density at radius 2 is 0.692 bits per heavy atom. The van der Waals surface area contributed by atoms with Gasteiger partial charge in [0.2, 0.25) is 0 Å². The third-order valence-corrected chi connectivity index (χ3v) is 11.2. The van der Waals surface area contributed by atoms with E-state index in [0.717, 1.165) is 12.8 Å². The van der Waals surface area contributed by atoms with Gasteiger partial charge in [0.1, 0.15) is 98.7 Å². The molecule has 0 aromatic carbocycles. The minimum Gasteiger partial charge on any atom is -0.790 e. The number of phosphoric ester groups is 4. The van der Waals surface area contributed by atoms with Crippen LogP contribution in [-0.2, 0) is 64.5 Å². The number of aliphatic hydroxyl groups excluding tert-OH is 10. The van der Waals surface area contributed by atoms with E-state index in [9.17, 15) is 108 Å². The molecule has 37 heteroatoms. The molecule has 0 heterocycles. The summed E-state index contributed by atoms with van der Waals surface area (Å²) in [4.78, 5) is 89.2. The third kappa shape index (κ3) is 27.6. The molecule has 0 bridgehead atoms. The van der Waals surface area contributed by atoms with Gasteiger partial charge in [0.25, 0.3) is 15.6 Å². The van der Waals surface area contributed by atoms with Crippen molar-refractivity contribution in [3.63, 3.8) is 0 Å². The van der Waals surface area contributed by atoms with Crippen molar-refractivity contribution in [1.82, 2.24) is 0 Å². The number of unbranched alkanes of at least 4 members (excludes halogenated alkanes) is 2. The van der Waals surface area contributed by atoms with E-state index in [1.165, 1.54) is 0 Å². The second-order valence-corrected chi connectivity index (χ2v) is 18.4. The molecule has 0 aromatic heterocycles. The maximum absolute atomic E-state index is 11.9. The fraction of sp³-hybridized carbons (Fsp3) is 0.929. The summed E-state index contributed by atoms with van der Waals surface area (Å²) in [5, 5.41) is 98.1. The summed E-state index contributed by atoms with van der Waals surface area (Å²) in [6, 6.07) is 0. The monoisotopic (exact) mass is 1110 g/mol. The van der Waals surface area contributed by atoms with E-state index in [2.05, 4.69) is 27.1 Å². The standard InChI is InChI=1S/2C14H28O15P2.3Ca/c2*1-2-3-4-8(16)26-5-7(15)6-27-31(24,25)29-14-11(19)9(17)13(10(18)12(14)20)28-30(21,22)23;;;/h2*7,9-15,17-20H,2-6H2,1H3,(H,24,25)(H2,21,22,23);;;/q;;3*+2/p-6. The van der Waals surface area contributed by atoms with Crippen molar-refractivity contribution in [3.05, 3.63) is 0 Å². The molecule has 12 atom stereocenters. The van der Waals surface area contributed by atoms with Crippen molar-refractivity contribution in [2.45, 2.75) is 138 Å². The molecule has 0 aromatic rings. The van der Waals surface area contributed by atoms with Gasteiger partial charge in [-0.1, -0.05) is 26.7 Å². The molecule has 30 nitrogen and oxygen atoms in total. The molecule has 0 saturated heterocycles. The van der Waals surface area contributed by atoms with Crippen molar-refractivity contribution in [2.24, 2.45) is 0 Å². The predicted molar refractivity (Wildman–Crippen MR) is 200 cm³/mol. The van der Waals surface area contributed by atoms with E-state index >= 15 is 0 Å². The van der Waals surface area contributed by atoms with E-state index in [0.29, 0.717) is 12.8 Å². The molecule has 368 valence electrons. The van der Waals surface area contributed by atoms with Gasteiger partial charge in [-0.25, -0.2) is 0 Å². The molecular weight excluding hydrogens is 1060 g/mol. The van der Waals surface area contributed by atoms with E-state index in [1.54, 1.807) is 0 Å². The minimum absolute atomic E-state index is 0. The van der Waals surface area contributed by atoms with E-state index < -0.39 is 155 Å². The van der Waals surface area contributed by atoms with Gasteiger partial charge in [0, 0.05) is 12.8 Å². The van der Waals surface area contributed by atoms with Crippen LogP contribution in [0.25, 0.3) is 0 Å². The molecule has 0 radical (unpaired) electrons. The molecule has 2 fully saturated rings. The topological polar surface area (TPSA) is 517 Å². The van der Waals surface area contributed by atoms with Gasteiger partial charge in [-0.3, -0.25) is 18.7 Å². The first-order valence-electron chi connectivity index (χ1n) is 18.2. The van der Waals surface area contributed by atoms with Crippen LogP contribution < -0.4 is 29.4 Å². The molecule has 2 aliphatic rings. The number of hydrogen-bond donors (Lipinski definition) is 10. The van der Waals surface area contributed by atoms with Crippen LogP contribution in [0.3, 0.4) is 0 Å². The first-order valence-corrected chi connectivity index (χ1v) is 24.0. The van der Waals surface area contributed by atoms with Gasteiger partial charge in [-0.05, 0) is 12.8 Å². The largest absolute Gasteiger partial charge is 2.00 e. The Balaban J connectivity index is -0.00000113. The molecule has 2 rings (SSSR count). The molecular formula is C28H50Ca3O30P4. The van der Waals surface area contributed by atoms with Crippen molar-refractivity contribution < 1.29 is 145 Å². The van der Waals surface area contributed by atoms with Gasteiger partial charge in [0.05, 0.1) is 28.9 Å². The van der Waals surface area contributed by atoms with Crippen molar-refractivity contribution in [2.75, 3.05) is 26.4 Å². The van der Waals surface area contributed by atoms with Crippen LogP contribution in [0, 0.1) is 0 Å². The van der Waals surface area contributed by atoms with E-state index in [1.807, 2.05) is 13.8 Å². The van der Waals surface area contributed by atoms with Crippen molar-refractivity contribution in [1.29, 1.82) is 0 Å². The number of carbonyl (C=O) groups is 2. The van der Waals surface area contributed by atoms with Crippen LogP contribution in [0.4, 0.5) is 0 Å². The number of ether oxygens (including phenoxy) is 2. The zero-order valence-corrected chi connectivity index (χ0v) is 44.9. The second-order valence-electron chi connectivity index (χ2n) is 13.5. The van der Waals surface area contributed by atoms with Crippen molar-refractivity contribution in [3.8, 4) is 0 Å². The van der Waals surface area contributed by atoms with Gasteiger partial charge in [0.15, 0.2) is 0 Å². The van der Waals surface area contributed by atoms with Crippen molar-refractivity contribution >= 4 is 156 Å². The van der Waals surface area contributed by atoms with Crippen LogP contribution in [0.2, 0.25) is 0 Å². The first-order chi connectivity index (χ1) is 28.4. The Labute approximate surface area is 460 Å². The van der Waals surface area contributed by atoms with Gasteiger partial charge >= 0.3 is 125 Å². The Morgan fingerprint density at radius 1 is 0.462 bits per heavy atom. The average molecular weight is 1110 g/mol. The number of rotatable bonds is 24. The zero-order valence-electron chi connectivity index (χ0n) is 34.7. The summed E-state index contributed by atoms with van der Waals surface area (Å²) in [6.07, 6.45) is -28.1. The molecule has 2 saturated carbocycles. The summed E-state index contributed by atoms with van der Waals surface area (Å²) in [6.45, 7) is 0.648. The summed E-state index contributed by atoms with van der Waals surface area (Å²) in [5.41, 5.74) is 0. The Hall–Kier alpha value is 2.76. The molecule has 2 aliphatic carbocycles. The number of phosphoric acid groups is 4. The number of aliphatic hydroxyl groups is 10.